The highest BCUT2D eigenvalue weighted by atomic mass is 35.5. The van der Waals surface area contributed by atoms with Crippen molar-refractivity contribution in [1.82, 2.24) is 24.7 Å². The van der Waals surface area contributed by atoms with Crippen LogP contribution in [-0.2, 0) is 23.1 Å². The van der Waals surface area contributed by atoms with Crippen LogP contribution in [0.15, 0.2) is 59.9 Å². The molecule has 0 amide bonds. The van der Waals surface area contributed by atoms with Crippen LogP contribution in [0, 0.1) is 12.7 Å². The molecule has 0 aliphatic carbocycles. The van der Waals surface area contributed by atoms with Gasteiger partial charge in [-0.2, -0.15) is 8.42 Å². The van der Waals surface area contributed by atoms with Crippen molar-refractivity contribution in [2.24, 2.45) is 0 Å². The second-order valence-electron chi connectivity index (χ2n) is 7.74. The van der Waals surface area contributed by atoms with Crippen molar-refractivity contribution in [3.8, 4) is 11.3 Å². The van der Waals surface area contributed by atoms with E-state index in [1.165, 1.54) is 24.3 Å². The van der Waals surface area contributed by atoms with Crippen LogP contribution in [0.5, 0.6) is 0 Å². The van der Waals surface area contributed by atoms with Crippen LogP contribution in [0.25, 0.3) is 11.3 Å². The molecule has 3 aromatic heterocycles. The van der Waals surface area contributed by atoms with Crippen LogP contribution < -0.4 is 9.62 Å². The van der Waals surface area contributed by atoms with Crippen LogP contribution in [0.2, 0.25) is 5.02 Å². The van der Waals surface area contributed by atoms with E-state index in [9.17, 15) is 12.8 Å². The molecule has 1 aliphatic heterocycles. The van der Waals surface area contributed by atoms with Gasteiger partial charge in [-0.05, 0) is 42.8 Å². The number of aromatic nitrogens is 5. The number of nitrogens with one attached hydrogen (secondary N) is 1. The number of nitrogens with zero attached hydrogens (tertiary/aromatic N) is 6. The first-order valence-electron chi connectivity index (χ1n) is 10.4. The Hall–Kier alpha value is -3.57. The number of benzene rings is 1. The highest BCUT2D eigenvalue weighted by Gasteiger charge is 2.23. The van der Waals surface area contributed by atoms with Gasteiger partial charge >= 0.3 is 0 Å². The van der Waals surface area contributed by atoms with E-state index in [2.05, 4.69) is 24.9 Å². The molecule has 0 atom stereocenters. The number of hydrogen-bond donors (Lipinski definition) is 1. The molecule has 1 aliphatic rings. The molecule has 0 unspecified atom stereocenters. The van der Waals surface area contributed by atoms with E-state index in [1.807, 2.05) is 9.47 Å². The fourth-order valence-electron chi connectivity index (χ4n) is 3.73. The molecule has 1 aromatic carbocycles. The van der Waals surface area contributed by atoms with Crippen molar-refractivity contribution in [2.45, 2.75) is 25.0 Å². The Morgan fingerprint density at radius 2 is 1.88 bits per heavy atom. The molecule has 174 valence electrons. The van der Waals surface area contributed by atoms with Crippen LogP contribution in [0.4, 0.5) is 16.0 Å². The molecule has 0 saturated carbocycles. The summed E-state index contributed by atoms with van der Waals surface area (Å²) < 4.78 is 44.6. The number of halogens is 2. The Bertz CT molecular complexity index is 1490. The van der Waals surface area contributed by atoms with Crippen LogP contribution in [0.1, 0.15) is 11.4 Å². The van der Waals surface area contributed by atoms with E-state index < -0.39 is 15.8 Å². The molecule has 4 aromatic rings. The van der Waals surface area contributed by atoms with E-state index in [0.717, 1.165) is 5.82 Å². The highest BCUT2D eigenvalue weighted by molar-refractivity contribution is 7.92. The fourth-order valence-corrected chi connectivity index (χ4v) is 4.91. The van der Waals surface area contributed by atoms with Gasteiger partial charge in [0.1, 0.15) is 23.8 Å². The van der Waals surface area contributed by atoms with Gasteiger partial charge in [-0.3, -0.25) is 4.72 Å². The average Bonchev–Trinajstić information content (AvgIpc) is 3.30. The van der Waals surface area contributed by atoms with Gasteiger partial charge in [-0.1, -0.05) is 29.8 Å². The zero-order valence-corrected chi connectivity index (χ0v) is 19.6. The molecule has 5 rings (SSSR count). The zero-order chi connectivity index (χ0) is 23.9. The van der Waals surface area contributed by atoms with Gasteiger partial charge in [0, 0.05) is 18.7 Å². The first-order valence-corrected chi connectivity index (χ1v) is 12.2. The predicted molar refractivity (Wildman–Crippen MR) is 125 cm³/mol. The van der Waals surface area contributed by atoms with Crippen molar-refractivity contribution in [2.75, 3.05) is 16.2 Å². The summed E-state index contributed by atoms with van der Waals surface area (Å²) in [7, 11) is -4.05. The van der Waals surface area contributed by atoms with Gasteiger partial charge in [0.2, 0.25) is 0 Å². The second kappa shape index (κ2) is 8.65. The number of hydrogen-bond acceptors (Lipinski definition) is 7. The molecule has 4 heterocycles. The van der Waals surface area contributed by atoms with Crippen LogP contribution >= 0.6 is 11.6 Å². The Morgan fingerprint density at radius 1 is 1.06 bits per heavy atom. The largest absolute Gasteiger partial charge is 0.347 e. The third kappa shape index (κ3) is 4.19. The van der Waals surface area contributed by atoms with Crippen molar-refractivity contribution in [3.63, 3.8) is 0 Å². The standard InChI is InChI=1S/C22H19ClFN7O2S/c1-14-15(4-2-5-17(14)24)22-16(23)8-9-18(26-22)29-34(32,33)21-7-3-6-19(27-21)30-10-11-31-13-25-28-20(31)12-30/h2-9,13H,10-12H2,1H3,(H,26,29). The topological polar surface area (TPSA) is 106 Å². The number of rotatable bonds is 5. The molecule has 9 nitrogen and oxygen atoms in total. The van der Waals surface area contributed by atoms with E-state index in [4.69, 9.17) is 11.6 Å². The van der Waals surface area contributed by atoms with E-state index in [1.54, 1.807) is 37.5 Å². The quantitative estimate of drug-likeness (QED) is 0.446. The van der Waals surface area contributed by atoms with Gasteiger partial charge in [-0.25, -0.2) is 14.4 Å². The lowest BCUT2D eigenvalue weighted by molar-refractivity contribution is 0.554. The van der Waals surface area contributed by atoms with E-state index >= 15 is 0 Å². The van der Waals surface area contributed by atoms with Gasteiger partial charge in [-0.15, -0.1) is 10.2 Å². The lowest BCUT2D eigenvalue weighted by Gasteiger charge is -2.28. The van der Waals surface area contributed by atoms with Crippen molar-refractivity contribution < 1.29 is 12.8 Å². The molecule has 0 saturated heterocycles. The lowest BCUT2D eigenvalue weighted by atomic mass is 10.0. The van der Waals surface area contributed by atoms with E-state index in [-0.39, 0.29) is 21.6 Å². The summed E-state index contributed by atoms with van der Waals surface area (Å²) in [6.45, 7) is 3.40. The molecule has 0 spiro atoms. The summed E-state index contributed by atoms with van der Waals surface area (Å²) in [5.74, 6) is 0.932. The molecule has 12 heteroatoms. The molecule has 0 radical (unpaired) electrons. The third-order valence-electron chi connectivity index (χ3n) is 5.55. The molecule has 1 N–H and O–H groups in total. The zero-order valence-electron chi connectivity index (χ0n) is 18.0. The highest BCUT2D eigenvalue weighted by Crippen LogP contribution is 2.31. The van der Waals surface area contributed by atoms with Crippen LogP contribution in [0.3, 0.4) is 0 Å². The van der Waals surface area contributed by atoms with Gasteiger partial charge in [0.15, 0.2) is 10.9 Å². The maximum absolute atomic E-state index is 14.0. The summed E-state index contributed by atoms with van der Waals surface area (Å²) in [4.78, 5) is 10.6. The second-order valence-corrected chi connectivity index (χ2v) is 9.78. The summed E-state index contributed by atoms with van der Waals surface area (Å²) in [5.41, 5.74) is 1.12. The Balaban J connectivity index is 1.42. The fraction of sp³-hybridized carbons (Fsp3) is 0.182. The number of pyridine rings is 2. The molecule has 34 heavy (non-hydrogen) atoms. The SMILES string of the molecule is Cc1c(F)cccc1-c1nc(NS(=O)(=O)c2cccc(N3CCn4cnnc4C3)n2)ccc1Cl. The first-order chi connectivity index (χ1) is 16.3. The predicted octanol–water partition coefficient (Wildman–Crippen LogP) is 3.66. The number of fused-ring (bicyclic) bond motifs is 1. The van der Waals surface area contributed by atoms with Crippen molar-refractivity contribution in [1.29, 1.82) is 0 Å². The van der Waals surface area contributed by atoms with Gasteiger partial charge in [0.25, 0.3) is 10.0 Å². The minimum Gasteiger partial charge on any atom is -0.347 e. The summed E-state index contributed by atoms with van der Waals surface area (Å²) in [6, 6.07) is 12.3. The molecule has 0 bridgehead atoms. The van der Waals surface area contributed by atoms with Gasteiger partial charge in [0.05, 0.1) is 17.3 Å². The summed E-state index contributed by atoms with van der Waals surface area (Å²) >= 11 is 6.29. The number of anilines is 2. The van der Waals surface area contributed by atoms with E-state index in [0.29, 0.717) is 36.6 Å². The first kappa shape index (κ1) is 22.2. The molecule has 0 fully saturated rings. The summed E-state index contributed by atoms with van der Waals surface area (Å²) in [5, 5.41) is 8.10. The van der Waals surface area contributed by atoms with Crippen LogP contribution in [-0.4, -0.2) is 39.7 Å². The minimum atomic E-state index is -4.05. The van der Waals surface area contributed by atoms with Crippen molar-refractivity contribution >= 4 is 33.3 Å². The molecular weight excluding hydrogens is 481 g/mol. The lowest BCUT2D eigenvalue weighted by Crippen LogP contribution is -2.34. The monoisotopic (exact) mass is 499 g/mol. The molecular formula is C22H19ClFN7O2S. The number of sulfonamides is 1. The average molecular weight is 500 g/mol. The maximum atomic E-state index is 14.0. The maximum Gasteiger partial charge on any atom is 0.280 e. The van der Waals surface area contributed by atoms with Crippen molar-refractivity contribution in [3.05, 3.63) is 77.1 Å². The third-order valence-corrected chi connectivity index (χ3v) is 7.12. The summed E-state index contributed by atoms with van der Waals surface area (Å²) in [6.07, 6.45) is 1.67. The van der Waals surface area contributed by atoms with Gasteiger partial charge < -0.3 is 9.47 Å². The normalized spacial score (nSPS) is 13.6. The smallest absolute Gasteiger partial charge is 0.280 e. The minimum absolute atomic E-state index is 0.0429. The Kier molecular flexibility index (Phi) is 5.66. The Labute approximate surface area is 200 Å². The Morgan fingerprint density at radius 3 is 2.74 bits per heavy atom.